The number of rotatable bonds is 3. The predicted molar refractivity (Wildman–Crippen MR) is 60.8 cm³/mol. The highest BCUT2D eigenvalue weighted by atomic mass is 79.9. The van der Waals surface area contributed by atoms with E-state index in [1.807, 2.05) is 0 Å². The van der Waals surface area contributed by atoms with E-state index < -0.39 is 36.1 Å². The molecule has 92 valence electrons. The Morgan fingerprint density at radius 3 is 2.35 bits per heavy atom. The summed E-state index contributed by atoms with van der Waals surface area (Å²) in [6.45, 7) is 0. The molecule has 0 spiro atoms. The van der Waals surface area contributed by atoms with E-state index in [0.29, 0.717) is 6.07 Å². The number of carboxylic acids is 1. The molecule has 0 atom stereocenters. The average Bonchev–Trinajstić information content (AvgIpc) is 2.14. The fourth-order valence-corrected chi connectivity index (χ4v) is 3.24. The van der Waals surface area contributed by atoms with Gasteiger partial charge in [0.25, 0.3) is 14.7 Å². The lowest BCUT2D eigenvalue weighted by atomic mass is 10.2. The molecule has 1 N–H and O–H groups in total. The first-order chi connectivity index (χ1) is 7.64. The number of nitro groups is 1. The number of hydrogen-bond donors (Lipinski definition) is 1. The van der Waals surface area contributed by atoms with Crippen LogP contribution in [0.2, 0.25) is 0 Å². The van der Waals surface area contributed by atoms with E-state index in [0.717, 1.165) is 6.07 Å². The fourth-order valence-electron chi connectivity index (χ4n) is 1.05. The van der Waals surface area contributed by atoms with Crippen molar-refractivity contribution in [1.82, 2.24) is 0 Å². The van der Waals surface area contributed by atoms with Crippen LogP contribution in [0.3, 0.4) is 0 Å². The molecule has 17 heavy (non-hydrogen) atoms. The molecule has 0 saturated carbocycles. The summed E-state index contributed by atoms with van der Waals surface area (Å²) in [6.07, 6.45) is 0. The molecular formula is C7H3BrClNO6S. The first-order valence-corrected chi connectivity index (χ1v) is 6.90. The van der Waals surface area contributed by atoms with Crippen LogP contribution >= 0.6 is 26.6 Å². The van der Waals surface area contributed by atoms with Crippen LogP contribution in [0, 0.1) is 10.1 Å². The van der Waals surface area contributed by atoms with Gasteiger partial charge in [0, 0.05) is 21.2 Å². The van der Waals surface area contributed by atoms with E-state index in [1.54, 1.807) is 0 Å². The molecule has 10 heteroatoms. The molecule has 7 nitrogen and oxygen atoms in total. The van der Waals surface area contributed by atoms with Crippen LogP contribution in [0.15, 0.2) is 21.5 Å². The number of carboxylic acid groups (broad SMARTS) is 1. The lowest BCUT2D eigenvalue weighted by molar-refractivity contribution is -0.385. The zero-order chi connectivity index (χ0) is 13.4. The van der Waals surface area contributed by atoms with Gasteiger partial charge in [-0.2, -0.15) is 0 Å². The lowest BCUT2D eigenvalue weighted by Gasteiger charge is -2.03. The van der Waals surface area contributed by atoms with Crippen molar-refractivity contribution >= 4 is 47.3 Å². The fraction of sp³-hybridized carbons (Fsp3) is 0. The van der Waals surface area contributed by atoms with Gasteiger partial charge in [-0.05, 0) is 22.0 Å². The van der Waals surface area contributed by atoms with Crippen molar-refractivity contribution < 1.29 is 23.2 Å². The summed E-state index contributed by atoms with van der Waals surface area (Å²) in [4.78, 5) is 19.9. The van der Waals surface area contributed by atoms with E-state index in [2.05, 4.69) is 15.9 Å². The van der Waals surface area contributed by atoms with Crippen molar-refractivity contribution in [3.05, 3.63) is 32.3 Å². The maximum absolute atomic E-state index is 11.1. The van der Waals surface area contributed by atoms with Crippen molar-refractivity contribution in [1.29, 1.82) is 0 Å². The highest BCUT2D eigenvalue weighted by Crippen LogP contribution is 2.32. The molecule has 1 rings (SSSR count). The maximum atomic E-state index is 11.1. The number of benzene rings is 1. The van der Waals surface area contributed by atoms with Crippen LogP contribution in [0.25, 0.3) is 0 Å². The van der Waals surface area contributed by atoms with Gasteiger partial charge in [-0.1, -0.05) is 0 Å². The van der Waals surface area contributed by atoms with Crippen LogP contribution in [-0.2, 0) is 9.05 Å². The second-order valence-electron chi connectivity index (χ2n) is 2.80. The molecule has 0 aliphatic rings. The summed E-state index contributed by atoms with van der Waals surface area (Å²) in [5.41, 5.74) is -1.48. The zero-order valence-corrected chi connectivity index (χ0v) is 10.9. The van der Waals surface area contributed by atoms with Crippen LogP contribution < -0.4 is 0 Å². The molecule has 0 radical (unpaired) electrons. The maximum Gasteiger partial charge on any atom is 0.342 e. The van der Waals surface area contributed by atoms with Crippen molar-refractivity contribution in [2.75, 3.05) is 0 Å². The summed E-state index contributed by atoms with van der Waals surface area (Å²) in [7, 11) is 0.859. The second-order valence-corrected chi connectivity index (χ2v) is 6.19. The molecule has 0 saturated heterocycles. The summed E-state index contributed by atoms with van der Waals surface area (Å²) >= 11 is 2.77. The van der Waals surface area contributed by atoms with Gasteiger partial charge in [-0.3, -0.25) is 10.1 Å². The lowest BCUT2D eigenvalue weighted by Crippen LogP contribution is -2.05. The topological polar surface area (TPSA) is 115 Å². The Hall–Kier alpha value is -1.19. The van der Waals surface area contributed by atoms with E-state index in [1.165, 1.54) is 0 Å². The summed E-state index contributed by atoms with van der Waals surface area (Å²) in [5.74, 6) is -1.62. The number of halogens is 2. The van der Waals surface area contributed by atoms with Crippen molar-refractivity contribution in [3.8, 4) is 0 Å². The average molecular weight is 345 g/mol. The third kappa shape index (κ3) is 2.93. The highest BCUT2D eigenvalue weighted by molar-refractivity contribution is 9.10. The second kappa shape index (κ2) is 4.59. The molecule has 0 unspecified atom stereocenters. The molecule has 1 aromatic carbocycles. The van der Waals surface area contributed by atoms with E-state index in [4.69, 9.17) is 15.8 Å². The van der Waals surface area contributed by atoms with E-state index in [9.17, 15) is 23.3 Å². The number of nitro benzene ring substituents is 1. The normalized spacial score (nSPS) is 11.2. The number of aromatic carboxylic acids is 1. The molecule has 0 heterocycles. The number of hydrogen-bond acceptors (Lipinski definition) is 5. The van der Waals surface area contributed by atoms with Gasteiger partial charge in [-0.25, -0.2) is 13.2 Å². The monoisotopic (exact) mass is 343 g/mol. The molecular weight excluding hydrogens is 342 g/mol. The summed E-state index contributed by atoms with van der Waals surface area (Å²) in [5, 5.41) is 19.3. The van der Waals surface area contributed by atoms with Gasteiger partial charge in [-0.15, -0.1) is 0 Å². The molecule has 1 aromatic rings. The van der Waals surface area contributed by atoms with Crippen LogP contribution in [0.1, 0.15) is 10.4 Å². The SMILES string of the molecule is O=C(O)c1cc(S(=O)(=O)Cl)c(Br)cc1[N+](=O)[O-]. The quantitative estimate of drug-likeness (QED) is 0.509. The minimum atomic E-state index is -4.19. The van der Waals surface area contributed by atoms with Gasteiger partial charge < -0.3 is 5.11 Å². The minimum Gasteiger partial charge on any atom is -0.477 e. The predicted octanol–water partition coefficient (Wildman–Crippen LogP) is 1.98. The third-order valence-corrected chi connectivity index (χ3v) is 4.02. The minimum absolute atomic E-state index is 0.177. The van der Waals surface area contributed by atoms with Crippen molar-refractivity contribution in [3.63, 3.8) is 0 Å². The van der Waals surface area contributed by atoms with Crippen LogP contribution in [0.4, 0.5) is 5.69 Å². The Morgan fingerprint density at radius 1 is 1.47 bits per heavy atom. The number of carbonyl (C=O) groups is 1. The third-order valence-electron chi connectivity index (χ3n) is 1.74. The molecule has 0 aliphatic carbocycles. The largest absolute Gasteiger partial charge is 0.477 e. The summed E-state index contributed by atoms with van der Waals surface area (Å²) in [6, 6.07) is 1.41. The first-order valence-electron chi connectivity index (χ1n) is 3.80. The first kappa shape index (κ1) is 13.9. The Morgan fingerprint density at radius 2 is 2.00 bits per heavy atom. The molecule has 0 aliphatic heterocycles. The van der Waals surface area contributed by atoms with Gasteiger partial charge >= 0.3 is 5.97 Å². The van der Waals surface area contributed by atoms with Crippen LogP contribution in [-0.4, -0.2) is 24.4 Å². The Labute approximate surface area is 108 Å². The molecule has 0 aromatic heterocycles. The molecule has 0 bridgehead atoms. The van der Waals surface area contributed by atoms with Crippen molar-refractivity contribution in [2.24, 2.45) is 0 Å². The van der Waals surface area contributed by atoms with Gasteiger partial charge in [0.1, 0.15) is 5.56 Å². The highest BCUT2D eigenvalue weighted by Gasteiger charge is 2.26. The Kier molecular flexibility index (Phi) is 3.74. The summed E-state index contributed by atoms with van der Waals surface area (Å²) < 4.78 is 22.0. The zero-order valence-electron chi connectivity index (χ0n) is 7.75. The Bertz CT molecular complexity index is 613. The van der Waals surface area contributed by atoms with Crippen LogP contribution in [0.5, 0.6) is 0 Å². The van der Waals surface area contributed by atoms with Crippen molar-refractivity contribution in [2.45, 2.75) is 4.90 Å². The van der Waals surface area contributed by atoms with Gasteiger partial charge in [0.2, 0.25) is 0 Å². The van der Waals surface area contributed by atoms with Gasteiger partial charge in [0.15, 0.2) is 0 Å². The molecule has 0 amide bonds. The standard InChI is InChI=1S/C7H3BrClNO6S/c8-4-2-5(10(13)14)3(7(11)12)1-6(4)17(9,15)16/h1-2H,(H,11,12). The smallest absolute Gasteiger partial charge is 0.342 e. The Balaban J connectivity index is 3.69. The van der Waals surface area contributed by atoms with E-state index >= 15 is 0 Å². The molecule has 0 fully saturated rings. The number of nitrogens with zero attached hydrogens (tertiary/aromatic N) is 1. The van der Waals surface area contributed by atoms with E-state index in [-0.39, 0.29) is 4.47 Å². The van der Waals surface area contributed by atoms with Gasteiger partial charge in [0.05, 0.1) is 9.82 Å².